The number of aromatic nitrogens is 2. The third-order valence-corrected chi connectivity index (χ3v) is 3.67. The highest BCUT2D eigenvalue weighted by Gasteiger charge is 2.05. The van der Waals surface area contributed by atoms with Gasteiger partial charge in [0, 0.05) is 19.1 Å². The molecule has 22 heavy (non-hydrogen) atoms. The summed E-state index contributed by atoms with van der Waals surface area (Å²) in [7, 11) is 0. The van der Waals surface area contributed by atoms with E-state index >= 15 is 0 Å². The van der Waals surface area contributed by atoms with E-state index in [-0.39, 0.29) is 24.0 Å². The minimum Gasteiger partial charge on any atom is -0.370 e. The van der Waals surface area contributed by atoms with Crippen LogP contribution in [0.1, 0.15) is 32.5 Å². The monoisotopic (exact) mass is 415 g/mol. The molecule has 5 nitrogen and oxygen atoms in total. The van der Waals surface area contributed by atoms with Crippen molar-refractivity contribution in [3.63, 3.8) is 0 Å². The molecule has 0 aliphatic carbocycles. The maximum atomic E-state index is 5.85. The van der Waals surface area contributed by atoms with E-state index in [1.54, 1.807) is 0 Å². The predicted octanol–water partition coefficient (Wildman–Crippen LogP) is 3.06. The third-order valence-electron chi connectivity index (χ3n) is 3.67. The first-order chi connectivity index (χ1) is 10.1. The second-order valence-corrected chi connectivity index (χ2v) is 5.37. The number of benzene rings is 1. The number of halogens is 1. The number of nitrogens with one attached hydrogen (secondary N) is 1. The number of imidazole rings is 1. The first-order valence-corrected chi connectivity index (χ1v) is 7.60. The Bertz CT molecular complexity index is 620. The van der Waals surface area contributed by atoms with E-state index in [2.05, 4.69) is 39.8 Å². The van der Waals surface area contributed by atoms with Gasteiger partial charge in [-0.15, -0.1) is 24.0 Å². The van der Waals surface area contributed by atoms with E-state index in [1.165, 1.54) is 5.52 Å². The predicted molar refractivity (Wildman–Crippen MR) is 104 cm³/mol. The Kier molecular flexibility index (Phi) is 7.64. The second-order valence-electron chi connectivity index (χ2n) is 5.37. The Balaban J connectivity index is 0.00000242. The lowest BCUT2D eigenvalue weighted by atomic mass is 10.3. The molecule has 0 fully saturated rings. The van der Waals surface area contributed by atoms with Gasteiger partial charge in [0.05, 0.1) is 11.0 Å². The number of fused-ring (bicyclic) bond motifs is 1. The van der Waals surface area contributed by atoms with Crippen molar-refractivity contribution in [3.8, 4) is 0 Å². The molecule has 0 saturated carbocycles. The van der Waals surface area contributed by atoms with Gasteiger partial charge in [-0.2, -0.15) is 0 Å². The van der Waals surface area contributed by atoms with Crippen molar-refractivity contribution < 1.29 is 0 Å². The number of aryl methyl sites for hydroxylation is 2. The highest BCUT2D eigenvalue weighted by Crippen LogP contribution is 2.15. The zero-order valence-electron chi connectivity index (χ0n) is 13.5. The van der Waals surface area contributed by atoms with Crippen molar-refractivity contribution in [2.24, 2.45) is 10.7 Å². The summed E-state index contributed by atoms with van der Waals surface area (Å²) in [4.78, 5) is 8.94. The van der Waals surface area contributed by atoms with Gasteiger partial charge in [0.15, 0.2) is 5.96 Å². The summed E-state index contributed by atoms with van der Waals surface area (Å²) in [6.07, 6.45) is 1.99. The molecule has 1 aromatic carbocycles. The molecule has 0 radical (unpaired) electrons. The number of aliphatic imine (C=N–C) groups is 1. The highest BCUT2D eigenvalue weighted by molar-refractivity contribution is 14.0. The van der Waals surface area contributed by atoms with E-state index in [1.807, 2.05) is 25.1 Å². The Hall–Kier alpha value is -1.31. The van der Waals surface area contributed by atoms with Crippen LogP contribution in [0.3, 0.4) is 0 Å². The molecule has 1 unspecified atom stereocenters. The molecule has 1 heterocycles. The summed E-state index contributed by atoms with van der Waals surface area (Å²) in [6, 6.07) is 8.59. The molecule has 2 aromatic rings. The van der Waals surface area contributed by atoms with Gasteiger partial charge in [-0.25, -0.2) is 4.98 Å². The lowest BCUT2D eigenvalue weighted by Crippen LogP contribution is -2.38. The molecule has 6 heteroatoms. The van der Waals surface area contributed by atoms with Crippen molar-refractivity contribution >= 4 is 41.0 Å². The van der Waals surface area contributed by atoms with Gasteiger partial charge in [-0.1, -0.05) is 19.1 Å². The van der Waals surface area contributed by atoms with Crippen LogP contribution in [-0.4, -0.2) is 28.1 Å². The number of nitrogens with zero attached hydrogens (tertiary/aromatic N) is 3. The quantitative estimate of drug-likeness (QED) is 0.330. The van der Waals surface area contributed by atoms with Crippen LogP contribution in [0.25, 0.3) is 11.0 Å². The van der Waals surface area contributed by atoms with E-state index < -0.39 is 0 Å². The number of hydrogen-bond acceptors (Lipinski definition) is 2. The minimum absolute atomic E-state index is 0. The average molecular weight is 415 g/mol. The third kappa shape index (κ3) is 4.86. The fraction of sp³-hybridized carbons (Fsp3) is 0.500. The maximum absolute atomic E-state index is 5.85. The molecule has 0 aliphatic rings. The summed E-state index contributed by atoms with van der Waals surface area (Å²) in [5.74, 6) is 1.59. The fourth-order valence-electron chi connectivity index (χ4n) is 2.31. The van der Waals surface area contributed by atoms with Crippen LogP contribution in [0.5, 0.6) is 0 Å². The second kappa shape index (κ2) is 8.97. The molecule has 1 aromatic heterocycles. The minimum atomic E-state index is 0. The average Bonchev–Trinajstić information content (AvgIpc) is 2.79. The van der Waals surface area contributed by atoms with E-state index in [4.69, 9.17) is 5.73 Å². The Morgan fingerprint density at radius 3 is 2.86 bits per heavy atom. The summed E-state index contributed by atoms with van der Waals surface area (Å²) in [5.41, 5.74) is 8.09. The van der Waals surface area contributed by atoms with Crippen molar-refractivity contribution in [2.45, 2.75) is 46.2 Å². The zero-order valence-corrected chi connectivity index (χ0v) is 15.9. The van der Waals surface area contributed by atoms with Crippen LogP contribution in [0.15, 0.2) is 29.3 Å². The van der Waals surface area contributed by atoms with Crippen LogP contribution >= 0.6 is 24.0 Å². The molecule has 0 aliphatic heterocycles. The Labute approximate surface area is 149 Å². The van der Waals surface area contributed by atoms with E-state index in [9.17, 15) is 0 Å². The molecule has 1 atom stereocenters. The summed E-state index contributed by atoms with van der Waals surface area (Å²) in [5, 5.41) is 3.17. The molecular formula is C16H26IN5. The standard InChI is InChI=1S/C16H25N5.HI/c1-4-12(2)19-16(17)18-10-7-11-21-13(3)20-14-8-5-6-9-15(14)21;/h5-6,8-9,12H,4,7,10-11H2,1-3H3,(H3,17,18,19);1H. The highest BCUT2D eigenvalue weighted by atomic mass is 127. The van der Waals surface area contributed by atoms with Crippen LogP contribution in [0.4, 0.5) is 0 Å². The van der Waals surface area contributed by atoms with Gasteiger partial charge in [0.1, 0.15) is 5.82 Å². The van der Waals surface area contributed by atoms with Crippen LogP contribution < -0.4 is 11.1 Å². The number of para-hydroxylation sites is 2. The van der Waals surface area contributed by atoms with E-state index in [0.29, 0.717) is 12.0 Å². The van der Waals surface area contributed by atoms with Crippen LogP contribution in [-0.2, 0) is 6.54 Å². The molecule has 3 N–H and O–H groups in total. The molecule has 122 valence electrons. The van der Waals surface area contributed by atoms with Crippen molar-refractivity contribution in [1.82, 2.24) is 14.9 Å². The zero-order chi connectivity index (χ0) is 15.2. The van der Waals surface area contributed by atoms with Gasteiger partial charge in [-0.05, 0) is 38.8 Å². The summed E-state index contributed by atoms with van der Waals surface area (Å²) < 4.78 is 2.24. The van der Waals surface area contributed by atoms with Gasteiger partial charge in [0.25, 0.3) is 0 Å². The lowest BCUT2D eigenvalue weighted by Gasteiger charge is -2.11. The van der Waals surface area contributed by atoms with Crippen LogP contribution in [0.2, 0.25) is 0 Å². The van der Waals surface area contributed by atoms with E-state index in [0.717, 1.165) is 37.3 Å². The normalized spacial score (nSPS) is 13.0. The number of hydrogen-bond donors (Lipinski definition) is 2. The molecule has 2 rings (SSSR count). The fourth-order valence-corrected chi connectivity index (χ4v) is 2.31. The molecule has 0 bridgehead atoms. The Morgan fingerprint density at radius 2 is 2.14 bits per heavy atom. The first kappa shape index (κ1) is 18.7. The van der Waals surface area contributed by atoms with Gasteiger partial charge >= 0.3 is 0 Å². The molecule has 0 saturated heterocycles. The lowest BCUT2D eigenvalue weighted by molar-refractivity contribution is 0.626. The maximum Gasteiger partial charge on any atom is 0.188 e. The molecular weight excluding hydrogens is 389 g/mol. The summed E-state index contributed by atoms with van der Waals surface area (Å²) >= 11 is 0. The Morgan fingerprint density at radius 1 is 1.41 bits per heavy atom. The number of nitrogens with two attached hydrogens (primary N) is 1. The largest absolute Gasteiger partial charge is 0.370 e. The topological polar surface area (TPSA) is 68.2 Å². The van der Waals surface area contributed by atoms with Crippen molar-refractivity contribution in [1.29, 1.82) is 0 Å². The number of guanidine groups is 1. The molecule has 0 spiro atoms. The molecule has 0 amide bonds. The van der Waals surface area contributed by atoms with Crippen molar-refractivity contribution in [3.05, 3.63) is 30.1 Å². The SMILES string of the molecule is CCC(C)NC(N)=NCCCn1c(C)nc2ccccc21.I. The summed E-state index contributed by atoms with van der Waals surface area (Å²) in [6.45, 7) is 7.90. The van der Waals surface area contributed by atoms with Crippen molar-refractivity contribution in [2.75, 3.05) is 6.54 Å². The van der Waals surface area contributed by atoms with Gasteiger partial charge in [0.2, 0.25) is 0 Å². The number of rotatable bonds is 6. The van der Waals surface area contributed by atoms with Crippen LogP contribution in [0, 0.1) is 6.92 Å². The first-order valence-electron chi connectivity index (χ1n) is 7.60. The van der Waals surface area contributed by atoms with Gasteiger partial charge < -0.3 is 15.6 Å². The van der Waals surface area contributed by atoms with Gasteiger partial charge in [-0.3, -0.25) is 4.99 Å². The smallest absolute Gasteiger partial charge is 0.188 e.